The fourth-order valence-electron chi connectivity index (χ4n) is 3.41. The predicted octanol–water partition coefficient (Wildman–Crippen LogP) is 3.99. The maximum Gasteiger partial charge on any atom is 0.358 e. The minimum Gasteiger partial charge on any atom is -0.508 e. The van der Waals surface area contributed by atoms with Gasteiger partial charge in [0.05, 0.1) is 0 Å². The molecule has 0 spiro atoms. The zero-order valence-electron chi connectivity index (χ0n) is 17.8. The molecule has 2 N–H and O–H groups in total. The first-order valence-electron chi connectivity index (χ1n) is 10.1. The molecule has 1 aromatic heterocycles. The van der Waals surface area contributed by atoms with E-state index in [4.69, 9.17) is 4.98 Å². The Bertz CT molecular complexity index is 1160. The van der Waals surface area contributed by atoms with Crippen LogP contribution >= 0.6 is 0 Å². The van der Waals surface area contributed by atoms with Gasteiger partial charge in [-0.3, -0.25) is 5.32 Å². The van der Waals surface area contributed by atoms with E-state index in [2.05, 4.69) is 34.5 Å². The lowest BCUT2D eigenvalue weighted by atomic mass is 10.1. The number of hydrogen-bond acceptors (Lipinski definition) is 5. The van der Waals surface area contributed by atoms with Crippen LogP contribution in [0.25, 0.3) is 23.4 Å². The number of carbonyl (C=O) groups excluding carboxylic acids is 1. The zero-order chi connectivity index (χ0) is 22.0. The van der Waals surface area contributed by atoms with Gasteiger partial charge in [-0.25, -0.2) is 9.78 Å². The standard InChI is InChI=1S/C25H24N4O2/c1-17-25(31)29-16-20(7-5-4-6-18-8-12-21(13-9-18)28(2)3)27-23(24(29)26-17)19-10-14-22(30)15-11-19/h4-17H,1-3H3,(H,27,30)/p+1/b6-4+,7-5+. The Morgan fingerprint density at radius 3 is 2.39 bits per heavy atom. The summed E-state index contributed by atoms with van der Waals surface area (Å²) >= 11 is 0. The van der Waals surface area contributed by atoms with Crippen LogP contribution in [0, 0.1) is 0 Å². The Labute approximate surface area is 181 Å². The second kappa shape index (κ2) is 8.44. The highest BCUT2D eigenvalue weighted by molar-refractivity contribution is 5.85. The fourth-order valence-corrected chi connectivity index (χ4v) is 3.41. The topological polar surface area (TPSA) is 69.3 Å². The Morgan fingerprint density at radius 1 is 1.03 bits per heavy atom. The molecule has 0 fully saturated rings. The van der Waals surface area contributed by atoms with Crippen LogP contribution in [0.3, 0.4) is 0 Å². The number of nitrogens with zero attached hydrogens (tertiary/aromatic N) is 3. The van der Waals surface area contributed by atoms with Crippen LogP contribution in [0.1, 0.15) is 23.0 Å². The molecule has 1 aliphatic rings. The maximum absolute atomic E-state index is 12.6. The van der Waals surface area contributed by atoms with Crippen molar-refractivity contribution in [2.24, 2.45) is 0 Å². The Hall–Kier alpha value is -3.93. The summed E-state index contributed by atoms with van der Waals surface area (Å²) in [6, 6.07) is 14.8. The van der Waals surface area contributed by atoms with Crippen molar-refractivity contribution in [2.75, 3.05) is 24.3 Å². The van der Waals surface area contributed by atoms with E-state index in [1.165, 1.54) is 0 Å². The van der Waals surface area contributed by atoms with Crippen LogP contribution < -0.4 is 14.8 Å². The molecule has 31 heavy (non-hydrogen) atoms. The average molecular weight is 414 g/mol. The highest BCUT2D eigenvalue weighted by atomic mass is 16.3. The molecular formula is C25H25N4O2+. The van der Waals surface area contributed by atoms with Crippen LogP contribution in [0.2, 0.25) is 0 Å². The number of phenolic OH excluding ortho intramolecular Hbond substituents is 1. The van der Waals surface area contributed by atoms with Gasteiger partial charge in [0.2, 0.25) is 0 Å². The van der Waals surface area contributed by atoms with E-state index in [-0.39, 0.29) is 17.7 Å². The third kappa shape index (κ3) is 4.33. The smallest absolute Gasteiger partial charge is 0.358 e. The lowest BCUT2D eigenvalue weighted by molar-refractivity contribution is -0.552. The average Bonchev–Trinajstić information content (AvgIpc) is 3.05. The Balaban J connectivity index is 1.62. The molecule has 0 radical (unpaired) electrons. The molecule has 2 heterocycles. The summed E-state index contributed by atoms with van der Waals surface area (Å²) < 4.78 is 1.61. The first kappa shape index (κ1) is 20.3. The molecule has 4 rings (SSSR count). The van der Waals surface area contributed by atoms with Gasteiger partial charge in [-0.15, -0.1) is 0 Å². The monoisotopic (exact) mass is 413 g/mol. The molecule has 6 heteroatoms. The van der Waals surface area contributed by atoms with Gasteiger partial charge in [-0.2, -0.15) is 4.57 Å². The third-order valence-electron chi connectivity index (χ3n) is 5.15. The number of nitrogens with one attached hydrogen (secondary N) is 1. The van der Waals surface area contributed by atoms with Gasteiger partial charge in [0, 0.05) is 25.3 Å². The van der Waals surface area contributed by atoms with Gasteiger partial charge in [0.25, 0.3) is 0 Å². The summed E-state index contributed by atoms with van der Waals surface area (Å²) in [5, 5.41) is 12.8. The highest BCUT2D eigenvalue weighted by Crippen LogP contribution is 2.28. The molecule has 1 aliphatic heterocycles. The maximum atomic E-state index is 12.6. The van der Waals surface area contributed by atoms with Crippen molar-refractivity contribution in [2.45, 2.75) is 13.0 Å². The molecule has 3 aromatic rings. The fraction of sp³-hybridized carbons (Fsp3) is 0.160. The third-order valence-corrected chi connectivity index (χ3v) is 5.15. The molecule has 2 aromatic carbocycles. The number of phenols is 1. The lowest BCUT2D eigenvalue weighted by Crippen LogP contribution is -2.42. The summed E-state index contributed by atoms with van der Waals surface area (Å²) in [4.78, 5) is 19.4. The van der Waals surface area contributed by atoms with Crippen LogP contribution in [-0.2, 0) is 0 Å². The SMILES string of the molecule is CC1Nc2c(-c3ccc(O)cc3)nc(/C=C/C=C/c3ccc(N(C)C)cc3)c[n+]2C1=O. The number of hydrogen-bond donors (Lipinski definition) is 2. The second-order valence-electron chi connectivity index (χ2n) is 7.69. The first-order chi connectivity index (χ1) is 14.9. The molecule has 0 aliphatic carbocycles. The molecule has 0 amide bonds. The zero-order valence-corrected chi connectivity index (χ0v) is 17.8. The number of aromatic nitrogens is 2. The summed E-state index contributed by atoms with van der Waals surface area (Å²) in [6.45, 7) is 1.83. The molecule has 156 valence electrons. The second-order valence-corrected chi connectivity index (χ2v) is 7.69. The van der Waals surface area contributed by atoms with E-state index in [1.54, 1.807) is 35.0 Å². The van der Waals surface area contributed by atoms with E-state index in [0.29, 0.717) is 17.2 Å². The van der Waals surface area contributed by atoms with Crippen molar-refractivity contribution in [3.63, 3.8) is 0 Å². The number of aromatic hydroxyl groups is 1. The van der Waals surface area contributed by atoms with Gasteiger partial charge in [-0.1, -0.05) is 30.4 Å². The number of carbonyl (C=O) groups is 1. The minimum absolute atomic E-state index is 0.0244. The van der Waals surface area contributed by atoms with Crippen molar-refractivity contribution >= 4 is 29.6 Å². The van der Waals surface area contributed by atoms with Crippen LogP contribution in [-0.4, -0.2) is 36.1 Å². The van der Waals surface area contributed by atoms with Crippen molar-refractivity contribution in [3.05, 3.63) is 78.1 Å². The predicted molar refractivity (Wildman–Crippen MR) is 124 cm³/mol. The summed E-state index contributed by atoms with van der Waals surface area (Å²) in [6.07, 6.45) is 9.50. The van der Waals surface area contributed by atoms with E-state index >= 15 is 0 Å². The van der Waals surface area contributed by atoms with Crippen molar-refractivity contribution < 1.29 is 14.5 Å². The number of fused-ring (bicyclic) bond motifs is 1. The molecular weight excluding hydrogens is 388 g/mol. The van der Waals surface area contributed by atoms with Gasteiger partial charge >= 0.3 is 11.7 Å². The van der Waals surface area contributed by atoms with E-state index < -0.39 is 0 Å². The molecule has 1 unspecified atom stereocenters. The largest absolute Gasteiger partial charge is 0.508 e. The van der Waals surface area contributed by atoms with Crippen molar-refractivity contribution in [1.29, 1.82) is 0 Å². The van der Waals surface area contributed by atoms with Gasteiger partial charge < -0.3 is 10.0 Å². The first-order valence-corrected chi connectivity index (χ1v) is 10.1. The van der Waals surface area contributed by atoms with E-state index in [0.717, 1.165) is 16.8 Å². The molecule has 0 saturated carbocycles. The summed E-state index contributed by atoms with van der Waals surface area (Å²) in [5.74, 6) is 0.825. The number of allylic oxidation sites excluding steroid dienone is 2. The van der Waals surface area contributed by atoms with Gasteiger partial charge in [0.15, 0.2) is 11.7 Å². The van der Waals surface area contributed by atoms with Crippen LogP contribution in [0.4, 0.5) is 11.5 Å². The van der Waals surface area contributed by atoms with Crippen molar-refractivity contribution in [1.82, 2.24) is 4.98 Å². The molecule has 1 atom stereocenters. The Kier molecular flexibility index (Phi) is 5.54. The number of benzene rings is 2. The number of anilines is 2. The molecule has 6 nitrogen and oxygen atoms in total. The summed E-state index contributed by atoms with van der Waals surface area (Å²) in [5.41, 5.74) is 4.42. The normalized spacial score (nSPS) is 15.5. The van der Waals surface area contributed by atoms with Gasteiger partial charge in [0.1, 0.15) is 17.6 Å². The Morgan fingerprint density at radius 2 is 1.71 bits per heavy atom. The highest BCUT2D eigenvalue weighted by Gasteiger charge is 2.38. The summed E-state index contributed by atoms with van der Waals surface area (Å²) in [7, 11) is 4.03. The number of rotatable bonds is 5. The van der Waals surface area contributed by atoms with Crippen molar-refractivity contribution in [3.8, 4) is 17.0 Å². The van der Waals surface area contributed by atoms with E-state index in [9.17, 15) is 9.90 Å². The van der Waals surface area contributed by atoms with Crippen LogP contribution in [0.15, 0.2) is 66.9 Å². The van der Waals surface area contributed by atoms with Crippen LogP contribution in [0.5, 0.6) is 5.75 Å². The minimum atomic E-state index is -0.318. The lowest BCUT2D eigenvalue weighted by Gasteiger charge is -2.11. The molecule has 0 saturated heterocycles. The van der Waals surface area contributed by atoms with Gasteiger partial charge in [-0.05, 0) is 55.0 Å². The quantitative estimate of drug-likeness (QED) is 0.489. The van der Waals surface area contributed by atoms with E-state index in [1.807, 2.05) is 45.3 Å². The molecule has 0 bridgehead atoms.